The van der Waals surface area contributed by atoms with Crippen LogP contribution in [0.4, 0.5) is 5.69 Å². The van der Waals surface area contributed by atoms with E-state index in [0.717, 1.165) is 5.56 Å². The van der Waals surface area contributed by atoms with E-state index in [4.69, 9.17) is 21.1 Å². The zero-order valence-corrected chi connectivity index (χ0v) is 21.9. The first-order valence-corrected chi connectivity index (χ1v) is 12.2. The van der Waals surface area contributed by atoms with Gasteiger partial charge in [-0.3, -0.25) is 9.59 Å². The molecule has 0 saturated carbocycles. The number of nitrogens with zero attached hydrogens (tertiary/aromatic N) is 1. The Bertz CT molecular complexity index is 1570. The van der Waals surface area contributed by atoms with Gasteiger partial charge in [0.05, 0.1) is 29.5 Å². The number of hydrogen-bond donors (Lipinski definition) is 2. The standard InChI is InChI=1S/C30H24ClN3O5/c1-19-7-5-9-22(15-19)30(37)39-26-14-13-20(16-27(26)38-2)18-32-34-28(35)21-8-6-10-23(17-21)33-29(36)24-11-3-4-12-25(24)31/h3-18H,1-2H3,(H,33,36)(H,34,35). The van der Waals surface area contributed by atoms with Gasteiger partial charge in [0.2, 0.25) is 0 Å². The average Bonchev–Trinajstić information content (AvgIpc) is 2.94. The van der Waals surface area contributed by atoms with Crippen molar-refractivity contribution in [1.29, 1.82) is 0 Å². The number of ether oxygens (including phenoxy) is 2. The van der Waals surface area contributed by atoms with Gasteiger partial charge in [-0.2, -0.15) is 5.10 Å². The van der Waals surface area contributed by atoms with Crippen molar-refractivity contribution in [2.75, 3.05) is 12.4 Å². The molecule has 2 amide bonds. The molecule has 4 rings (SSSR count). The maximum atomic E-state index is 12.6. The van der Waals surface area contributed by atoms with Crippen LogP contribution in [0.25, 0.3) is 0 Å². The van der Waals surface area contributed by atoms with E-state index in [0.29, 0.717) is 38.7 Å². The fourth-order valence-corrected chi connectivity index (χ4v) is 3.81. The molecule has 8 nitrogen and oxygen atoms in total. The second-order valence-electron chi connectivity index (χ2n) is 8.38. The maximum Gasteiger partial charge on any atom is 0.343 e. The molecule has 9 heteroatoms. The molecule has 0 aliphatic heterocycles. The zero-order chi connectivity index (χ0) is 27.8. The first-order chi connectivity index (χ1) is 18.8. The van der Waals surface area contributed by atoms with Crippen LogP contribution >= 0.6 is 11.6 Å². The van der Waals surface area contributed by atoms with Gasteiger partial charge < -0.3 is 14.8 Å². The topological polar surface area (TPSA) is 106 Å². The van der Waals surface area contributed by atoms with Crippen LogP contribution in [0.2, 0.25) is 5.02 Å². The number of esters is 1. The summed E-state index contributed by atoms with van der Waals surface area (Å²) in [5.41, 5.74) is 5.47. The van der Waals surface area contributed by atoms with Crippen molar-refractivity contribution < 1.29 is 23.9 Å². The summed E-state index contributed by atoms with van der Waals surface area (Å²) in [5.74, 6) is -0.793. The van der Waals surface area contributed by atoms with E-state index >= 15 is 0 Å². The van der Waals surface area contributed by atoms with Gasteiger partial charge in [-0.15, -0.1) is 0 Å². The van der Waals surface area contributed by atoms with Crippen LogP contribution in [-0.4, -0.2) is 31.1 Å². The Morgan fingerprint density at radius 1 is 0.821 bits per heavy atom. The second-order valence-corrected chi connectivity index (χ2v) is 8.79. The summed E-state index contributed by atoms with van der Waals surface area (Å²) in [6.45, 7) is 1.89. The monoisotopic (exact) mass is 541 g/mol. The molecule has 196 valence electrons. The van der Waals surface area contributed by atoms with Gasteiger partial charge in [0, 0.05) is 11.3 Å². The molecule has 0 heterocycles. The zero-order valence-electron chi connectivity index (χ0n) is 21.1. The number of aryl methyl sites for hydroxylation is 1. The van der Waals surface area contributed by atoms with Crippen molar-refractivity contribution in [2.24, 2.45) is 5.10 Å². The van der Waals surface area contributed by atoms with Crippen LogP contribution < -0.4 is 20.2 Å². The predicted octanol–water partition coefficient (Wildman–Crippen LogP) is 5.89. The molecule has 4 aromatic rings. The number of amides is 2. The Hall–Kier alpha value is -4.95. The lowest BCUT2D eigenvalue weighted by atomic mass is 10.1. The molecule has 0 aliphatic carbocycles. The normalized spacial score (nSPS) is 10.6. The summed E-state index contributed by atoms with van der Waals surface area (Å²) < 4.78 is 10.8. The van der Waals surface area contributed by atoms with Crippen LogP contribution in [0.3, 0.4) is 0 Å². The fraction of sp³-hybridized carbons (Fsp3) is 0.0667. The highest BCUT2D eigenvalue weighted by Gasteiger charge is 2.14. The summed E-state index contributed by atoms with van der Waals surface area (Å²) in [6.07, 6.45) is 1.43. The first-order valence-electron chi connectivity index (χ1n) is 11.8. The van der Waals surface area contributed by atoms with Crippen molar-refractivity contribution >= 4 is 41.3 Å². The molecule has 0 fully saturated rings. The van der Waals surface area contributed by atoms with Crippen molar-refractivity contribution in [3.8, 4) is 11.5 Å². The molecular weight excluding hydrogens is 518 g/mol. The molecule has 0 saturated heterocycles. The Balaban J connectivity index is 1.38. The maximum absolute atomic E-state index is 12.6. The van der Waals surface area contributed by atoms with Crippen LogP contribution in [-0.2, 0) is 0 Å². The number of hydrogen-bond acceptors (Lipinski definition) is 6. The van der Waals surface area contributed by atoms with E-state index in [1.807, 2.05) is 13.0 Å². The molecule has 0 unspecified atom stereocenters. The molecule has 0 spiro atoms. The van der Waals surface area contributed by atoms with Crippen LogP contribution in [0.5, 0.6) is 11.5 Å². The minimum absolute atomic E-state index is 0.251. The smallest absolute Gasteiger partial charge is 0.343 e. The van der Waals surface area contributed by atoms with Gasteiger partial charge >= 0.3 is 5.97 Å². The van der Waals surface area contributed by atoms with Gasteiger partial charge in [-0.1, -0.05) is 47.5 Å². The second kappa shape index (κ2) is 12.5. The number of hydrazone groups is 1. The van der Waals surface area contributed by atoms with Gasteiger partial charge in [-0.05, 0) is 73.2 Å². The Labute approximate surface area is 230 Å². The van der Waals surface area contributed by atoms with Gasteiger partial charge in [0.1, 0.15) is 0 Å². The third kappa shape index (κ3) is 7.09. The number of nitrogens with one attached hydrogen (secondary N) is 2. The minimum atomic E-state index is -0.504. The van der Waals surface area contributed by atoms with Crippen LogP contribution in [0.15, 0.2) is 96.1 Å². The average molecular weight is 542 g/mol. The summed E-state index contributed by atoms with van der Waals surface area (Å²) in [5, 5.41) is 7.05. The third-order valence-electron chi connectivity index (χ3n) is 5.52. The number of benzene rings is 4. The quantitative estimate of drug-likeness (QED) is 0.125. The van der Waals surface area contributed by atoms with E-state index in [-0.39, 0.29) is 5.75 Å². The lowest BCUT2D eigenvalue weighted by molar-refractivity contribution is 0.0729. The number of methoxy groups -OCH3 is 1. The number of carbonyl (C=O) groups is 3. The lowest BCUT2D eigenvalue weighted by Gasteiger charge is -2.10. The van der Waals surface area contributed by atoms with E-state index in [1.165, 1.54) is 19.4 Å². The summed E-state index contributed by atoms with van der Waals surface area (Å²) >= 11 is 6.08. The first kappa shape index (κ1) is 27.1. The third-order valence-corrected chi connectivity index (χ3v) is 5.85. The molecule has 0 bridgehead atoms. The predicted molar refractivity (Wildman–Crippen MR) is 150 cm³/mol. The number of anilines is 1. The Kier molecular flexibility index (Phi) is 8.71. The van der Waals surface area contributed by atoms with Crippen molar-refractivity contribution in [3.63, 3.8) is 0 Å². The highest BCUT2D eigenvalue weighted by Crippen LogP contribution is 2.28. The Morgan fingerprint density at radius 3 is 2.36 bits per heavy atom. The lowest BCUT2D eigenvalue weighted by Crippen LogP contribution is -2.18. The number of carbonyl (C=O) groups excluding carboxylic acids is 3. The number of rotatable bonds is 8. The van der Waals surface area contributed by atoms with E-state index in [9.17, 15) is 14.4 Å². The van der Waals surface area contributed by atoms with Crippen molar-refractivity contribution in [1.82, 2.24) is 5.43 Å². The van der Waals surface area contributed by atoms with Crippen LogP contribution in [0.1, 0.15) is 42.2 Å². The molecule has 0 radical (unpaired) electrons. The van der Waals surface area contributed by atoms with Crippen LogP contribution in [0, 0.1) is 6.92 Å². The molecular formula is C30H24ClN3O5. The van der Waals surface area contributed by atoms with E-state index < -0.39 is 17.8 Å². The highest BCUT2D eigenvalue weighted by molar-refractivity contribution is 6.34. The molecule has 39 heavy (non-hydrogen) atoms. The highest BCUT2D eigenvalue weighted by atomic mass is 35.5. The van der Waals surface area contributed by atoms with E-state index in [2.05, 4.69) is 15.8 Å². The summed E-state index contributed by atoms with van der Waals surface area (Å²) in [4.78, 5) is 37.6. The van der Waals surface area contributed by atoms with E-state index in [1.54, 1.807) is 78.9 Å². The van der Waals surface area contributed by atoms with Crippen molar-refractivity contribution in [2.45, 2.75) is 6.92 Å². The number of halogens is 1. The minimum Gasteiger partial charge on any atom is -0.493 e. The van der Waals surface area contributed by atoms with Gasteiger partial charge in [-0.25, -0.2) is 10.2 Å². The van der Waals surface area contributed by atoms with Gasteiger partial charge in [0.25, 0.3) is 11.8 Å². The SMILES string of the molecule is COc1cc(C=NNC(=O)c2cccc(NC(=O)c3ccccc3Cl)c2)ccc1OC(=O)c1cccc(C)c1. The van der Waals surface area contributed by atoms with Crippen molar-refractivity contribution in [3.05, 3.63) is 124 Å². The molecule has 0 aliphatic rings. The molecule has 0 aromatic heterocycles. The Morgan fingerprint density at radius 2 is 1.59 bits per heavy atom. The molecule has 2 N–H and O–H groups in total. The summed E-state index contributed by atoms with van der Waals surface area (Å²) in [7, 11) is 1.46. The summed E-state index contributed by atoms with van der Waals surface area (Å²) in [6, 6.07) is 25.1. The molecule has 0 atom stereocenters. The molecule has 4 aromatic carbocycles. The van der Waals surface area contributed by atoms with Gasteiger partial charge in [0.15, 0.2) is 11.5 Å². The largest absolute Gasteiger partial charge is 0.493 e. The fourth-order valence-electron chi connectivity index (χ4n) is 3.59.